The van der Waals surface area contributed by atoms with Crippen LogP contribution in [0.1, 0.15) is 24.1 Å². The Bertz CT molecular complexity index is 747. The average molecular weight is 308 g/mol. The van der Waals surface area contributed by atoms with Crippen molar-refractivity contribution in [3.8, 4) is 0 Å². The second-order valence-electron chi connectivity index (χ2n) is 5.07. The van der Waals surface area contributed by atoms with Crippen molar-refractivity contribution in [2.24, 2.45) is 14.1 Å². The van der Waals surface area contributed by atoms with Crippen LogP contribution in [-0.4, -0.2) is 9.13 Å². The number of nitrogens with one attached hydrogen (secondary N) is 1. The summed E-state index contributed by atoms with van der Waals surface area (Å²) in [7, 11) is 3.12. The molecule has 0 aliphatic carbocycles. The van der Waals surface area contributed by atoms with Crippen molar-refractivity contribution in [3.63, 3.8) is 0 Å². The minimum Gasteiger partial charge on any atom is -0.306 e. The van der Waals surface area contributed by atoms with E-state index in [1.807, 2.05) is 31.2 Å². The predicted octanol–water partition coefficient (Wildman–Crippen LogP) is 1.59. The van der Waals surface area contributed by atoms with Crippen LogP contribution in [0.2, 0.25) is 5.02 Å². The highest BCUT2D eigenvalue weighted by atomic mass is 35.5. The van der Waals surface area contributed by atoms with Crippen LogP contribution in [0.25, 0.3) is 0 Å². The highest BCUT2D eigenvalue weighted by Crippen LogP contribution is 2.16. The number of aryl methyl sites for hydroxylation is 1. The van der Waals surface area contributed by atoms with Crippen LogP contribution < -0.4 is 16.6 Å². The molecule has 5 nitrogen and oxygen atoms in total. The van der Waals surface area contributed by atoms with Crippen LogP contribution in [0.3, 0.4) is 0 Å². The molecule has 0 saturated heterocycles. The first-order valence-electron chi connectivity index (χ1n) is 6.64. The molecule has 1 heterocycles. The number of hydrogen-bond donors (Lipinski definition) is 1. The van der Waals surface area contributed by atoms with E-state index in [-0.39, 0.29) is 17.3 Å². The van der Waals surface area contributed by atoms with Crippen LogP contribution >= 0.6 is 11.6 Å². The van der Waals surface area contributed by atoms with Gasteiger partial charge in [0.05, 0.1) is 0 Å². The highest BCUT2D eigenvalue weighted by molar-refractivity contribution is 6.30. The van der Waals surface area contributed by atoms with Gasteiger partial charge in [0.25, 0.3) is 5.56 Å². The smallest absolute Gasteiger partial charge is 0.306 e. The maximum absolute atomic E-state index is 12.0. The van der Waals surface area contributed by atoms with Crippen LogP contribution in [-0.2, 0) is 20.6 Å². The monoisotopic (exact) mass is 307 g/mol. The summed E-state index contributed by atoms with van der Waals surface area (Å²) in [5.74, 6) is 0. The summed E-state index contributed by atoms with van der Waals surface area (Å²) >= 11 is 5.86. The molecule has 0 aliphatic heterocycles. The van der Waals surface area contributed by atoms with E-state index in [1.54, 1.807) is 13.2 Å². The van der Waals surface area contributed by atoms with Gasteiger partial charge in [-0.2, -0.15) is 0 Å². The van der Waals surface area contributed by atoms with Gasteiger partial charge in [0.1, 0.15) is 0 Å². The third kappa shape index (κ3) is 3.43. The van der Waals surface area contributed by atoms with Gasteiger partial charge in [-0.25, -0.2) is 4.79 Å². The molecule has 112 valence electrons. The number of rotatable bonds is 4. The molecule has 21 heavy (non-hydrogen) atoms. The molecule has 0 radical (unpaired) electrons. The Kier molecular flexibility index (Phi) is 4.65. The lowest BCUT2D eigenvalue weighted by Crippen LogP contribution is -2.39. The zero-order valence-electron chi connectivity index (χ0n) is 12.3. The van der Waals surface area contributed by atoms with Gasteiger partial charge in [0, 0.05) is 43.5 Å². The number of nitrogens with zero attached hydrogens (tertiary/aromatic N) is 2. The molecule has 1 atom stereocenters. The standard InChI is InChI=1S/C15H18ClN3O2/c1-10(11-4-6-13(16)7-5-11)17-8-12-9-18(2)15(21)19(3)14(12)20/h4-7,9-10,17H,8H2,1-3H3. The molecule has 0 bridgehead atoms. The highest BCUT2D eigenvalue weighted by Gasteiger charge is 2.09. The van der Waals surface area contributed by atoms with Crippen molar-refractivity contribution in [2.45, 2.75) is 19.5 Å². The molecule has 0 saturated carbocycles. The first-order valence-corrected chi connectivity index (χ1v) is 7.02. The molecule has 0 aliphatic rings. The minimum atomic E-state index is -0.325. The van der Waals surface area contributed by atoms with Gasteiger partial charge < -0.3 is 9.88 Å². The van der Waals surface area contributed by atoms with E-state index in [0.717, 1.165) is 10.1 Å². The fourth-order valence-corrected chi connectivity index (χ4v) is 2.26. The van der Waals surface area contributed by atoms with Crippen LogP contribution in [0.4, 0.5) is 0 Å². The number of halogens is 1. The van der Waals surface area contributed by atoms with Gasteiger partial charge in [-0.15, -0.1) is 0 Å². The zero-order valence-corrected chi connectivity index (χ0v) is 13.0. The Balaban J connectivity index is 2.15. The van der Waals surface area contributed by atoms with Gasteiger partial charge in [-0.05, 0) is 24.6 Å². The van der Waals surface area contributed by atoms with Gasteiger partial charge >= 0.3 is 5.69 Å². The molecule has 0 amide bonds. The number of hydrogen-bond acceptors (Lipinski definition) is 3. The second-order valence-corrected chi connectivity index (χ2v) is 5.50. The van der Waals surface area contributed by atoms with E-state index in [0.29, 0.717) is 17.1 Å². The lowest BCUT2D eigenvalue weighted by molar-refractivity contribution is 0.559. The molecule has 1 N–H and O–H groups in total. The topological polar surface area (TPSA) is 56.0 Å². The summed E-state index contributed by atoms with van der Waals surface area (Å²) in [6.45, 7) is 2.40. The van der Waals surface area contributed by atoms with Crippen molar-refractivity contribution in [3.05, 3.63) is 67.4 Å². The van der Waals surface area contributed by atoms with Crippen molar-refractivity contribution in [2.75, 3.05) is 0 Å². The Morgan fingerprint density at radius 1 is 1.19 bits per heavy atom. The summed E-state index contributed by atoms with van der Waals surface area (Å²) in [6, 6.07) is 7.63. The van der Waals surface area contributed by atoms with Crippen molar-refractivity contribution in [1.82, 2.24) is 14.5 Å². The molecular weight excluding hydrogens is 290 g/mol. The molecule has 1 aromatic carbocycles. The average Bonchev–Trinajstić information content (AvgIpc) is 2.48. The first kappa shape index (κ1) is 15.5. The van der Waals surface area contributed by atoms with E-state index in [1.165, 1.54) is 11.6 Å². The lowest BCUT2D eigenvalue weighted by atomic mass is 10.1. The molecule has 0 fully saturated rings. The maximum atomic E-state index is 12.0. The maximum Gasteiger partial charge on any atom is 0.330 e. The largest absolute Gasteiger partial charge is 0.330 e. The number of benzene rings is 1. The van der Waals surface area contributed by atoms with E-state index in [9.17, 15) is 9.59 Å². The normalized spacial score (nSPS) is 12.4. The van der Waals surface area contributed by atoms with E-state index >= 15 is 0 Å². The zero-order chi connectivity index (χ0) is 15.6. The molecule has 1 aromatic heterocycles. The third-order valence-electron chi connectivity index (χ3n) is 3.49. The summed E-state index contributed by atoms with van der Waals surface area (Å²) in [4.78, 5) is 23.7. The molecule has 2 aromatic rings. The summed E-state index contributed by atoms with van der Waals surface area (Å²) < 4.78 is 2.52. The first-order chi connectivity index (χ1) is 9.90. The van der Waals surface area contributed by atoms with E-state index in [4.69, 9.17) is 11.6 Å². The second kappa shape index (κ2) is 6.28. The summed E-state index contributed by atoms with van der Waals surface area (Å²) in [5, 5.41) is 3.97. The van der Waals surface area contributed by atoms with Gasteiger partial charge in [-0.3, -0.25) is 9.36 Å². The lowest BCUT2D eigenvalue weighted by Gasteiger charge is -2.15. The van der Waals surface area contributed by atoms with Crippen molar-refractivity contribution < 1.29 is 0 Å². The molecular formula is C15H18ClN3O2. The van der Waals surface area contributed by atoms with E-state index in [2.05, 4.69) is 5.32 Å². The summed E-state index contributed by atoms with van der Waals surface area (Å²) in [6.07, 6.45) is 1.58. The van der Waals surface area contributed by atoms with Gasteiger partial charge in [-0.1, -0.05) is 23.7 Å². The van der Waals surface area contributed by atoms with Crippen molar-refractivity contribution in [1.29, 1.82) is 0 Å². The van der Waals surface area contributed by atoms with Crippen molar-refractivity contribution >= 4 is 11.6 Å². The predicted molar refractivity (Wildman–Crippen MR) is 83.6 cm³/mol. The Hall–Kier alpha value is -1.85. The van der Waals surface area contributed by atoms with E-state index < -0.39 is 0 Å². The van der Waals surface area contributed by atoms with Gasteiger partial charge in [0.2, 0.25) is 0 Å². The fraction of sp³-hybridized carbons (Fsp3) is 0.333. The van der Waals surface area contributed by atoms with Crippen LogP contribution in [0, 0.1) is 0 Å². The third-order valence-corrected chi connectivity index (χ3v) is 3.74. The molecule has 2 rings (SSSR count). The molecule has 1 unspecified atom stereocenters. The molecule has 6 heteroatoms. The van der Waals surface area contributed by atoms with Crippen LogP contribution in [0.15, 0.2) is 40.1 Å². The Labute approximate surface area is 127 Å². The minimum absolute atomic E-state index is 0.0733. The quantitative estimate of drug-likeness (QED) is 0.933. The molecule has 0 spiro atoms. The van der Waals surface area contributed by atoms with Gasteiger partial charge in [0.15, 0.2) is 0 Å². The number of aromatic nitrogens is 2. The summed E-state index contributed by atoms with van der Waals surface area (Å²) in [5.41, 5.74) is 1.05. The Morgan fingerprint density at radius 2 is 1.81 bits per heavy atom. The fourth-order valence-electron chi connectivity index (χ4n) is 2.14. The SMILES string of the molecule is CC(NCc1cn(C)c(=O)n(C)c1=O)c1ccc(Cl)cc1. The van der Waals surface area contributed by atoms with Crippen LogP contribution in [0.5, 0.6) is 0 Å². The Morgan fingerprint density at radius 3 is 2.43 bits per heavy atom.